The third-order valence-electron chi connectivity index (χ3n) is 5.76. The lowest BCUT2D eigenvalue weighted by atomic mass is 9.94. The van der Waals surface area contributed by atoms with Crippen molar-refractivity contribution in [3.8, 4) is 0 Å². The molecule has 0 saturated carbocycles. The summed E-state index contributed by atoms with van der Waals surface area (Å²) in [4.78, 5) is 30.5. The van der Waals surface area contributed by atoms with Gasteiger partial charge in [-0.3, -0.25) is 10.1 Å². The lowest BCUT2D eigenvalue weighted by Gasteiger charge is -2.31. The molecule has 3 heterocycles. The predicted molar refractivity (Wildman–Crippen MR) is 129 cm³/mol. The summed E-state index contributed by atoms with van der Waals surface area (Å²) in [5.74, 6) is -2.95. The number of alkyl halides is 3. The number of anilines is 2. The van der Waals surface area contributed by atoms with Gasteiger partial charge in [-0.1, -0.05) is 17.4 Å². The first-order valence-electron chi connectivity index (χ1n) is 11.1. The van der Waals surface area contributed by atoms with E-state index in [1.807, 2.05) is 0 Å². The molecular weight excluding hydrogens is 512 g/mol. The number of hydrogen-bond donors (Lipinski definition) is 2. The molecule has 0 spiro atoms. The normalized spacial score (nSPS) is 14.2. The summed E-state index contributed by atoms with van der Waals surface area (Å²) in [6.07, 6.45) is -2.69. The number of fused-ring (bicyclic) bond motifs is 1. The van der Waals surface area contributed by atoms with Crippen LogP contribution in [0.15, 0.2) is 54.7 Å². The molecule has 190 valence electrons. The van der Waals surface area contributed by atoms with Gasteiger partial charge in [0.05, 0.1) is 27.7 Å². The van der Waals surface area contributed by atoms with Crippen LogP contribution in [0.3, 0.4) is 0 Å². The summed E-state index contributed by atoms with van der Waals surface area (Å²) in [7, 11) is 0. The standard InChI is InChI=1S/C24H18F4N6O2S/c25-15-3-5-16(6-4-15)30-22(36)32-23-31-17-7-2-13(11-19(17)37-23)20(24(26,27)28)18-10-14(12-29-33-18)21(35)34-8-1-9-34/h2-7,10-12,20H,1,8-9H2,(H2,30,31,32,36). The second kappa shape index (κ2) is 9.73. The van der Waals surface area contributed by atoms with E-state index in [9.17, 15) is 27.2 Å². The van der Waals surface area contributed by atoms with Crippen molar-refractivity contribution in [3.63, 3.8) is 0 Å². The van der Waals surface area contributed by atoms with Crippen LogP contribution in [0.4, 0.5) is 33.2 Å². The molecule has 37 heavy (non-hydrogen) atoms. The molecule has 4 aromatic rings. The number of urea groups is 1. The average Bonchev–Trinajstić information content (AvgIpc) is 3.20. The number of halogens is 4. The van der Waals surface area contributed by atoms with E-state index < -0.39 is 23.9 Å². The Hall–Kier alpha value is -4.13. The van der Waals surface area contributed by atoms with Crippen molar-refractivity contribution in [3.05, 3.63) is 77.4 Å². The van der Waals surface area contributed by atoms with Gasteiger partial charge in [0.25, 0.3) is 5.91 Å². The summed E-state index contributed by atoms with van der Waals surface area (Å²) in [6, 6.07) is 9.67. The number of thiazole rings is 1. The van der Waals surface area contributed by atoms with Gasteiger partial charge < -0.3 is 10.2 Å². The van der Waals surface area contributed by atoms with Crippen LogP contribution in [0.1, 0.15) is 34.0 Å². The molecule has 1 aliphatic heterocycles. The lowest BCUT2D eigenvalue weighted by molar-refractivity contribution is -0.142. The number of carbonyl (C=O) groups is 2. The minimum atomic E-state index is -4.71. The predicted octanol–water partition coefficient (Wildman–Crippen LogP) is 5.41. The van der Waals surface area contributed by atoms with Gasteiger partial charge in [-0.25, -0.2) is 14.2 Å². The van der Waals surface area contributed by atoms with Gasteiger partial charge in [0, 0.05) is 18.8 Å². The fourth-order valence-corrected chi connectivity index (χ4v) is 4.75. The molecule has 1 saturated heterocycles. The Kier molecular flexibility index (Phi) is 6.46. The molecule has 1 atom stereocenters. The van der Waals surface area contributed by atoms with Crippen molar-refractivity contribution >= 4 is 44.3 Å². The fraction of sp³-hybridized carbons (Fsp3) is 0.208. The highest BCUT2D eigenvalue weighted by Gasteiger charge is 2.43. The Bertz CT molecular complexity index is 1470. The van der Waals surface area contributed by atoms with Crippen molar-refractivity contribution < 1.29 is 27.2 Å². The topological polar surface area (TPSA) is 100 Å². The maximum absolute atomic E-state index is 14.2. The molecular formula is C24H18F4N6O2S. The quantitative estimate of drug-likeness (QED) is 0.336. The number of rotatable bonds is 5. The highest BCUT2D eigenvalue weighted by molar-refractivity contribution is 7.22. The van der Waals surface area contributed by atoms with Gasteiger partial charge in [-0.15, -0.1) is 0 Å². The third kappa shape index (κ3) is 5.35. The zero-order valence-corrected chi connectivity index (χ0v) is 19.7. The molecule has 2 N–H and O–H groups in total. The second-order valence-electron chi connectivity index (χ2n) is 8.32. The molecule has 2 aromatic heterocycles. The van der Waals surface area contributed by atoms with Crippen LogP contribution in [-0.4, -0.2) is 51.3 Å². The number of aromatic nitrogens is 3. The first kappa shape index (κ1) is 24.6. The van der Waals surface area contributed by atoms with Crippen LogP contribution in [0.25, 0.3) is 10.2 Å². The molecule has 2 aromatic carbocycles. The van der Waals surface area contributed by atoms with Crippen molar-refractivity contribution in [2.24, 2.45) is 0 Å². The van der Waals surface area contributed by atoms with Gasteiger partial charge in [-0.2, -0.15) is 23.4 Å². The molecule has 3 amide bonds. The van der Waals surface area contributed by atoms with Gasteiger partial charge in [0.1, 0.15) is 11.7 Å². The highest BCUT2D eigenvalue weighted by atomic mass is 32.1. The van der Waals surface area contributed by atoms with E-state index in [1.165, 1.54) is 53.6 Å². The number of hydrogen-bond acceptors (Lipinski definition) is 6. The van der Waals surface area contributed by atoms with E-state index in [4.69, 9.17) is 0 Å². The van der Waals surface area contributed by atoms with E-state index in [0.29, 0.717) is 29.0 Å². The summed E-state index contributed by atoms with van der Waals surface area (Å²) >= 11 is 0.991. The number of nitrogens with one attached hydrogen (secondary N) is 2. The van der Waals surface area contributed by atoms with Gasteiger partial charge in [0.15, 0.2) is 5.13 Å². The fourth-order valence-electron chi connectivity index (χ4n) is 3.84. The minimum Gasteiger partial charge on any atom is -0.338 e. The van der Waals surface area contributed by atoms with Crippen LogP contribution in [0.5, 0.6) is 0 Å². The molecule has 1 fully saturated rings. The molecule has 1 aliphatic rings. The lowest BCUT2D eigenvalue weighted by Crippen LogP contribution is -2.42. The number of likely N-dealkylation sites (tertiary alicyclic amines) is 1. The smallest absolute Gasteiger partial charge is 0.338 e. The van der Waals surface area contributed by atoms with Gasteiger partial charge in [0.2, 0.25) is 0 Å². The van der Waals surface area contributed by atoms with Crippen molar-refractivity contribution in [1.82, 2.24) is 20.1 Å². The van der Waals surface area contributed by atoms with Crippen LogP contribution in [0.2, 0.25) is 0 Å². The molecule has 0 aliphatic carbocycles. The maximum atomic E-state index is 14.2. The first-order valence-corrected chi connectivity index (χ1v) is 11.9. The average molecular weight is 531 g/mol. The number of benzene rings is 2. The van der Waals surface area contributed by atoms with Crippen LogP contribution in [0, 0.1) is 5.82 Å². The molecule has 13 heteroatoms. The van der Waals surface area contributed by atoms with E-state index >= 15 is 0 Å². The highest BCUT2D eigenvalue weighted by Crippen LogP contribution is 2.41. The van der Waals surface area contributed by atoms with Crippen LogP contribution >= 0.6 is 11.3 Å². The molecule has 5 rings (SSSR count). The van der Waals surface area contributed by atoms with Crippen LogP contribution in [-0.2, 0) is 0 Å². The Labute approximate surface area is 211 Å². The van der Waals surface area contributed by atoms with Crippen molar-refractivity contribution in [1.29, 1.82) is 0 Å². The molecule has 0 radical (unpaired) electrons. The Morgan fingerprint density at radius 1 is 1.03 bits per heavy atom. The number of carbonyl (C=O) groups excluding carboxylic acids is 2. The zero-order chi connectivity index (χ0) is 26.2. The summed E-state index contributed by atoms with van der Waals surface area (Å²) < 4.78 is 56.1. The minimum absolute atomic E-state index is 0.0523. The molecule has 8 nitrogen and oxygen atoms in total. The zero-order valence-electron chi connectivity index (χ0n) is 18.9. The molecule has 0 bridgehead atoms. The molecule has 1 unspecified atom stereocenters. The first-order chi connectivity index (χ1) is 17.7. The van der Waals surface area contributed by atoms with E-state index in [0.717, 1.165) is 23.8 Å². The Morgan fingerprint density at radius 2 is 1.78 bits per heavy atom. The summed E-state index contributed by atoms with van der Waals surface area (Å²) in [6.45, 7) is 1.11. The third-order valence-corrected chi connectivity index (χ3v) is 6.69. The van der Waals surface area contributed by atoms with Gasteiger partial charge >= 0.3 is 12.2 Å². The second-order valence-corrected chi connectivity index (χ2v) is 9.35. The Balaban J connectivity index is 1.39. The van der Waals surface area contributed by atoms with Crippen molar-refractivity contribution in [2.45, 2.75) is 18.5 Å². The van der Waals surface area contributed by atoms with E-state index in [1.54, 1.807) is 0 Å². The van der Waals surface area contributed by atoms with E-state index in [-0.39, 0.29) is 27.9 Å². The number of amides is 3. The maximum Gasteiger partial charge on any atom is 0.401 e. The van der Waals surface area contributed by atoms with E-state index in [2.05, 4.69) is 25.8 Å². The Morgan fingerprint density at radius 3 is 2.46 bits per heavy atom. The largest absolute Gasteiger partial charge is 0.401 e. The number of nitrogens with zero attached hydrogens (tertiary/aromatic N) is 4. The van der Waals surface area contributed by atoms with Crippen molar-refractivity contribution in [2.75, 3.05) is 23.7 Å². The SMILES string of the molecule is O=C(Nc1ccc(F)cc1)Nc1nc2ccc(C(c3cc(C(=O)N4CCC4)cnn3)C(F)(F)F)cc2s1. The summed E-state index contributed by atoms with van der Waals surface area (Å²) in [5, 5.41) is 12.6. The van der Waals surface area contributed by atoms with Gasteiger partial charge in [-0.05, 0) is 54.4 Å². The monoisotopic (exact) mass is 530 g/mol. The summed E-state index contributed by atoms with van der Waals surface area (Å²) in [5.41, 5.74) is 0.302. The van der Waals surface area contributed by atoms with Crippen LogP contribution < -0.4 is 10.6 Å².